The van der Waals surface area contributed by atoms with Crippen LogP contribution in [0.2, 0.25) is 0 Å². The first-order chi connectivity index (χ1) is 8.71. The molecule has 1 aliphatic rings. The molecular formula is C14H18BrFO2. The zero-order valence-electron chi connectivity index (χ0n) is 10.5. The molecule has 1 aromatic carbocycles. The minimum Gasteiger partial charge on any atom is -0.490 e. The number of alkyl halides is 1. The van der Waals surface area contributed by atoms with Gasteiger partial charge in [0.15, 0.2) is 0 Å². The highest BCUT2D eigenvalue weighted by Gasteiger charge is 2.23. The molecule has 1 saturated carbocycles. The van der Waals surface area contributed by atoms with Crippen molar-refractivity contribution < 1.29 is 13.9 Å². The van der Waals surface area contributed by atoms with Crippen molar-refractivity contribution in [1.82, 2.24) is 0 Å². The topological polar surface area (TPSA) is 18.5 Å². The number of methoxy groups -OCH3 is 1. The number of hydrogen-bond acceptors (Lipinski definition) is 2. The molecule has 0 N–H and O–H groups in total. The minimum absolute atomic E-state index is 0.133. The fraction of sp³-hybridized carbons (Fsp3) is 0.571. The van der Waals surface area contributed by atoms with Crippen molar-refractivity contribution in [3.63, 3.8) is 0 Å². The van der Waals surface area contributed by atoms with Gasteiger partial charge in [-0.05, 0) is 37.0 Å². The Hall–Kier alpha value is -0.610. The van der Waals surface area contributed by atoms with Gasteiger partial charge in [-0.2, -0.15) is 0 Å². The molecule has 0 saturated heterocycles. The summed E-state index contributed by atoms with van der Waals surface area (Å²) in [5, 5.41) is 0.631. The fourth-order valence-electron chi connectivity index (χ4n) is 2.38. The molecule has 0 aromatic heterocycles. The van der Waals surface area contributed by atoms with E-state index in [1.807, 2.05) is 6.07 Å². The van der Waals surface area contributed by atoms with Gasteiger partial charge in [0.25, 0.3) is 0 Å². The highest BCUT2D eigenvalue weighted by molar-refractivity contribution is 9.08. The number of halogens is 2. The van der Waals surface area contributed by atoms with Crippen LogP contribution >= 0.6 is 15.9 Å². The Balaban J connectivity index is 2.02. The monoisotopic (exact) mass is 316 g/mol. The van der Waals surface area contributed by atoms with E-state index < -0.39 is 0 Å². The van der Waals surface area contributed by atoms with Crippen LogP contribution in [-0.4, -0.2) is 19.3 Å². The first-order valence-electron chi connectivity index (χ1n) is 6.26. The molecule has 1 aliphatic carbocycles. The SMILES string of the molecule is COC1CCCC(Oc2cc(F)cc(CBr)c2)C1. The lowest BCUT2D eigenvalue weighted by Gasteiger charge is -2.28. The van der Waals surface area contributed by atoms with Gasteiger partial charge in [-0.15, -0.1) is 0 Å². The molecule has 0 heterocycles. The van der Waals surface area contributed by atoms with E-state index in [1.165, 1.54) is 12.1 Å². The average Bonchev–Trinajstić information content (AvgIpc) is 2.38. The molecule has 4 heteroatoms. The summed E-state index contributed by atoms with van der Waals surface area (Å²) in [6.07, 6.45) is 4.49. The van der Waals surface area contributed by atoms with E-state index in [0.29, 0.717) is 11.1 Å². The quantitative estimate of drug-likeness (QED) is 0.780. The standard InChI is InChI=1S/C14H18BrFO2/c1-17-12-3-2-4-13(8-12)18-14-6-10(9-15)5-11(16)7-14/h5-7,12-13H,2-4,8-9H2,1H3. The third-order valence-corrected chi connectivity index (χ3v) is 3.95. The van der Waals surface area contributed by atoms with Crippen LogP contribution in [0.4, 0.5) is 4.39 Å². The molecule has 0 spiro atoms. The van der Waals surface area contributed by atoms with Crippen molar-refractivity contribution >= 4 is 15.9 Å². The smallest absolute Gasteiger partial charge is 0.127 e. The highest BCUT2D eigenvalue weighted by atomic mass is 79.9. The van der Waals surface area contributed by atoms with Crippen molar-refractivity contribution in [3.05, 3.63) is 29.6 Å². The number of hydrogen-bond donors (Lipinski definition) is 0. The van der Waals surface area contributed by atoms with Gasteiger partial charge in [0.1, 0.15) is 17.7 Å². The maximum absolute atomic E-state index is 13.4. The Kier molecular flexibility index (Phi) is 5.01. The molecular weight excluding hydrogens is 299 g/mol. The molecule has 2 nitrogen and oxygen atoms in total. The molecule has 18 heavy (non-hydrogen) atoms. The van der Waals surface area contributed by atoms with Crippen molar-refractivity contribution in [1.29, 1.82) is 0 Å². The van der Waals surface area contributed by atoms with Crippen molar-refractivity contribution in [3.8, 4) is 5.75 Å². The van der Waals surface area contributed by atoms with Crippen LogP contribution in [0.3, 0.4) is 0 Å². The van der Waals surface area contributed by atoms with E-state index in [4.69, 9.17) is 9.47 Å². The summed E-state index contributed by atoms with van der Waals surface area (Å²) in [6.45, 7) is 0. The van der Waals surface area contributed by atoms with Gasteiger partial charge in [0, 0.05) is 24.9 Å². The molecule has 100 valence electrons. The van der Waals surface area contributed by atoms with E-state index in [1.54, 1.807) is 7.11 Å². The van der Waals surface area contributed by atoms with Crippen LogP contribution in [-0.2, 0) is 10.1 Å². The zero-order valence-corrected chi connectivity index (χ0v) is 12.1. The second-order valence-corrected chi connectivity index (χ2v) is 5.25. The zero-order chi connectivity index (χ0) is 13.0. The number of rotatable bonds is 4. The summed E-state index contributed by atoms with van der Waals surface area (Å²) < 4.78 is 24.6. The van der Waals surface area contributed by atoms with E-state index in [-0.39, 0.29) is 18.0 Å². The van der Waals surface area contributed by atoms with Crippen LogP contribution < -0.4 is 4.74 Å². The lowest BCUT2D eigenvalue weighted by atomic mass is 9.95. The van der Waals surface area contributed by atoms with E-state index in [2.05, 4.69) is 15.9 Å². The molecule has 0 radical (unpaired) electrons. The predicted molar refractivity (Wildman–Crippen MR) is 72.7 cm³/mol. The Morgan fingerprint density at radius 1 is 1.28 bits per heavy atom. The predicted octanol–water partition coefficient (Wildman–Crippen LogP) is 4.06. The molecule has 1 aromatic rings. The van der Waals surface area contributed by atoms with Crippen molar-refractivity contribution in [2.75, 3.05) is 7.11 Å². The third-order valence-electron chi connectivity index (χ3n) is 3.30. The summed E-state index contributed by atoms with van der Waals surface area (Å²) in [6, 6.07) is 4.84. The van der Waals surface area contributed by atoms with E-state index in [9.17, 15) is 4.39 Å². The number of benzene rings is 1. The van der Waals surface area contributed by atoms with Gasteiger partial charge >= 0.3 is 0 Å². The Bertz CT molecular complexity index is 397. The second kappa shape index (κ2) is 6.53. The van der Waals surface area contributed by atoms with Gasteiger partial charge in [0.05, 0.1) is 6.10 Å². The van der Waals surface area contributed by atoms with Crippen molar-refractivity contribution in [2.45, 2.75) is 43.2 Å². The van der Waals surface area contributed by atoms with Crippen LogP contribution in [0.15, 0.2) is 18.2 Å². The van der Waals surface area contributed by atoms with Crippen molar-refractivity contribution in [2.24, 2.45) is 0 Å². The Morgan fingerprint density at radius 3 is 2.78 bits per heavy atom. The largest absolute Gasteiger partial charge is 0.490 e. The minimum atomic E-state index is -0.249. The second-order valence-electron chi connectivity index (χ2n) is 4.69. The first-order valence-corrected chi connectivity index (χ1v) is 7.38. The maximum atomic E-state index is 13.4. The fourth-order valence-corrected chi connectivity index (χ4v) is 2.71. The van der Waals surface area contributed by atoms with E-state index in [0.717, 1.165) is 31.2 Å². The van der Waals surface area contributed by atoms with Crippen LogP contribution in [0, 0.1) is 5.82 Å². The van der Waals surface area contributed by atoms with E-state index >= 15 is 0 Å². The lowest BCUT2D eigenvalue weighted by molar-refractivity contribution is 0.0209. The van der Waals surface area contributed by atoms with Gasteiger partial charge in [-0.1, -0.05) is 15.9 Å². The lowest BCUT2D eigenvalue weighted by Crippen LogP contribution is -2.29. The summed E-state index contributed by atoms with van der Waals surface area (Å²) in [7, 11) is 1.73. The average molecular weight is 317 g/mol. The Labute approximate surface area is 116 Å². The molecule has 2 unspecified atom stereocenters. The molecule has 2 rings (SSSR count). The van der Waals surface area contributed by atoms with Crippen LogP contribution in [0.25, 0.3) is 0 Å². The molecule has 0 amide bonds. The summed E-state index contributed by atoms with van der Waals surface area (Å²) in [5.74, 6) is 0.368. The third kappa shape index (κ3) is 3.69. The summed E-state index contributed by atoms with van der Waals surface area (Å²) in [4.78, 5) is 0. The molecule has 1 fully saturated rings. The summed E-state index contributed by atoms with van der Waals surface area (Å²) >= 11 is 3.33. The van der Waals surface area contributed by atoms with Crippen LogP contribution in [0.5, 0.6) is 5.75 Å². The van der Waals surface area contributed by atoms with Crippen LogP contribution in [0.1, 0.15) is 31.2 Å². The molecule has 0 bridgehead atoms. The van der Waals surface area contributed by atoms with Gasteiger partial charge in [-0.3, -0.25) is 0 Å². The Morgan fingerprint density at radius 2 is 2.06 bits per heavy atom. The maximum Gasteiger partial charge on any atom is 0.127 e. The van der Waals surface area contributed by atoms with Gasteiger partial charge in [0.2, 0.25) is 0 Å². The van der Waals surface area contributed by atoms with Gasteiger partial charge < -0.3 is 9.47 Å². The molecule has 0 aliphatic heterocycles. The summed E-state index contributed by atoms with van der Waals surface area (Å²) in [5.41, 5.74) is 0.893. The normalized spacial score (nSPS) is 23.9. The number of ether oxygens (including phenoxy) is 2. The van der Waals surface area contributed by atoms with Gasteiger partial charge in [-0.25, -0.2) is 4.39 Å². The molecule has 2 atom stereocenters. The highest BCUT2D eigenvalue weighted by Crippen LogP contribution is 2.26. The first kappa shape index (κ1) is 13.8.